The average Bonchev–Trinajstić information content (AvgIpc) is 2.64. The van der Waals surface area contributed by atoms with E-state index < -0.39 is 0 Å². The number of hydrogen-bond acceptors (Lipinski definition) is 3. The van der Waals surface area contributed by atoms with Gasteiger partial charge >= 0.3 is 0 Å². The van der Waals surface area contributed by atoms with Gasteiger partial charge in [0.2, 0.25) is 0 Å². The van der Waals surface area contributed by atoms with E-state index in [1.807, 2.05) is 0 Å². The molecule has 112 valence electrons. The van der Waals surface area contributed by atoms with Crippen molar-refractivity contribution in [1.29, 1.82) is 0 Å². The van der Waals surface area contributed by atoms with E-state index in [4.69, 9.17) is 0 Å². The minimum atomic E-state index is 0.526. The molecule has 0 spiro atoms. The van der Waals surface area contributed by atoms with Gasteiger partial charge in [0.05, 0.1) is 0 Å². The van der Waals surface area contributed by atoms with E-state index in [2.05, 4.69) is 54.4 Å². The highest BCUT2D eigenvalue weighted by Crippen LogP contribution is 2.34. The lowest BCUT2D eigenvalue weighted by atomic mass is 9.89. The Morgan fingerprint density at radius 3 is 2.85 bits per heavy atom. The number of nitrogens with zero attached hydrogens (tertiary/aromatic N) is 2. The van der Waals surface area contributed by atoms with E-state index in [9.17, 15) is 0 Å². The lowest BCUT2D eigenvalue weighted by molar-refractivity contribution is 0.154. The van der Waals surface area contributed by atoms with Crippen molar-refractivity contribution in [1.82, 2.24) is 15.2 Å². The van der Waals surface area contributed by atoms with Crippen LogP contribution in [0.3, 0.4) is 0 Å². The number of hydrogen-bond donors (Lipinski definition) is 1. The second-order valence-electron chi connectivity index (χ2n) is 6.03. The van der Waals surface area contributed by atoms with E-state index in [0.29, 0.717) is 12.0 Å². The molecule has 3 nitrogen and oxygen atoms in total. The van der Waals surface area contributed by atoms with E-state index >= 15 is 0 Å². The predicted molar refractivity (Wildman–Crippen MR) is 84.8 cm³/mol. The molecule has 0 saturated carbocycles. The summed E-state index contributed by atoms with van der Waals surface area (Å²) in [4.78, 5) is 7.21. The second-order valence-corrected chi connectivity index (χ2v) is 6.03. The van der Waals surface area contributed by atoms with Crippen LogP contribution in [0.2, 0.25) is 0 Å². The van der Waals surface area contributed by atoms with Crippen molar-refractivity contribution in [3.8, 4) is 0 Å². The molecule has 1 N–H and O–H groups in total. The van der Waals surface area contributed by atoms with Crippen LogP contribution in [0.15, 0.2) is 18.3 Å². The Morgan fingerprint density at radius 1 is 1.35 bits per heavy atom. The van der Waals surface area contributed by atoms with E-state index in [1.54, 1.807) is 0 Å². The molecule has 0 aliphatic carbocycles. The molecular formula is C17H29N3. The molecule has 0 amide bonds. The van der Waals surface area contributed by atoms with Crippen molar-refractivity contribution < 1.29 is 0 Å². The Kier molecular flexibility index (Phi) is 5.99. The first-order chi connectivity index (χ1) is 9.76. The third kappa shape index (κ3) is 3.80. The molecule has 1 fully saturated rings. The number of pyridine rings is 1. The minimum Gasteiger partial charge on any atom is -0.319 e. The van der Waals surface area contributed by atoms with Gasteiger partial charge in [-0.15, -0.1) is 0 Å². The Balaban J connectivity index is 2.28. The normalized spacial score (nSPS) is 24.6. The molecule has 3 heteroatoms. The molecular weight excluding hydrogens is 246 g/mol. The van der Waals surface area contributed by atoms with Crippen molar-refractivity contribution in [2.45, 2.75) is 45.6 Å². The van der Waals surface area contributed by atoms with Crippen LogP contribution >= 0.6 is 0 Å². The first-order valence-electron chi connectivity index (χ1n) is 8.07. The third-order valence-electron chi connectivity index (χ3n) is 4.36. The van der Waals surface area contributed by atoms with Gasteiger partial charge in [-0.05, 0) is 70.4 Å². The Morgan fingerprint density at radius 2 is 2.20 bits per heavy atom. The fourth-order valence-electron chi connectivity index (χ4n) is 3.47. The van der Waals surface area contributed by atoms with Crippen molar-refractivity contribution >= 4 is 0 Å². The molecule has 0 bridgehead atoms. The summed E-state index contributed by atoms with van der Waals surface area (Å²) >= 11 is 0. The summed E-state index contributed by atoms with van der Waals surface area (Å²) in [6, 6.07) is 4.96. The summed E-state index contributed by atoms with van der Waals surface area (Å²) in [5.74, 6) is 0.693. The van der Waals surface area contributed by atoms with Gasteiger partial charge in [-0.25, -0.2) is 0 Å². The van der Waals surface area contributed by atoms with Crippen molar-refractivity contribution in [3.05, 3.63) is 29.6 Å². The van der Waals surface area contributed by atoms with Gasteiger partial charge in [0.25, 0.3) is 0 Å². The van der Waals surface area contributed by atoms with Crippen LogP contribution in [0, 0.1) is 12.8 Å². The minimum absolute atomic E-state index is 0.526. The lowest BCUT2D eigenvalue weighted by Crippen LogP contribution is -2.37. The molecule has 1 aromatic heterocycles. The lowest BCUT2D eigenvalue weighted by Gasteiger charge is -2.35. The van der Waals surface area contributed by atoms with E-state index in [1.165, 1.54) is 44.3 Å². The maximum Gasteiger partial charge on any atom is 0.0403 e. The SMILES string of the molecule is CCCN1CCCCC(CNC)C1c1ccc(C)nc1. The number of aromatic nitrogens is 1. The highest BCUT2D eigenvalue weighted by molar-refractivity contribution is 5.19. The highest BCUT2D eigenvalue weighted by Gasteiger charge is 2.30. The molecule has 2 heterocycles. The Hall–Kier alpha value is -0.930. The summed E-state index contributed by atoms with van der Waals surface area (Å²) in [5, 5.41) is 3.39. The van der Waals surface area contributed by atoms with Gasteiger partial charge in [0.1, 0.15) is 0 Å². The topological polar surface area (TPSA) is 28.2 Å². The fourth-order valence-corrected chi connectivity index (χ4v) is 3.47. The maximum atomic E-state index is 4.53. The largest absolute Gasteiger partial charge is 0.319 e. The number of likely N-dealkylation sites (tertiary alicyclic amines) is 1. The van der Waals surface area contributed by atoms with E-state index in [0.717, 1.165) is 12.2 Å². The van der Waals surface area contributed by atoms with Crippen molar-refractivity contribution in [2.24, 2.45) is 5.92 Å². The summed E-state index contributed by atoms with van der Waals surface area (Å²) in [6.45, 7) is 7.86. The van der Waals surface area contributed by atoms with Gasteiger partial charge in [-0.3, -0.25) is 9.88 Å². The van der Waals surface area contributed by atoms with Crippen LogP contribution in [0.1, 0.15) is 49.9 Å². The van der Waals surface area contributed by atoms with Gasteiger partial charge in [-0.1, -0.05) is 19.4 Å². The average molecular weight is 275 g/mol. The zero-order chi connectivity index (χ0) is 14.4. The molecule has 1 aliphatic rings. The number of nitrogens with one attached hydrogen (secondary N) is 1. The van der Waals surface area contributed by atoms with Crippen LogP contribution < -0.4 is 5.32 Å². The molecule has 20 heavy (non-hydrogen) atoms. The van der Waals surface area contributed by atoms with Gasteiger partial charge in [-0.2, -0.15) is 0 Å². The van der Waals surface area contributed by atoms with Gasteiger partial charge in [0, 0.05) is 17.9 Å². The van der Waals surface area contributed by atoms with Gasteiger partial charge < -0.3 is 5.32 Å². The zero-order valence-corrected chi connectivity index (χ0v) is 13.2. The summed E-state index contributed by atoms with van der Waals surface area (Å²) in [7, 11) is 2.07. The second kappa shape index (κ2) is 7.75. The van der Waals surface area contributed by atoms with Crippen LogP contribution in [-0.2, 0) is 0 Å². The van der Waals surface area contributed by atoms with Crippen LogP contribution in [-0.4, -0.2) is 36.6 Å². The molecule has 2 atom stereocenters. The first-order valence-corrected chi connectivity index (χ1v) is 8.07. The van der Waals surface area contributed by atoms with Crippen LogP contribution in [0.5, 0.6) is 0 Å². The molecule has 1 aromatic rings. The summed E-state index contributed by atoms with van der Waals surface area (Å²) in [5.41, 5.74) is 2.50. The Labute approximate surface area is 123 Å². The van der Waals surface area contributed by atoms with Crippen molar-refractivity contribution in [2.75, 3.05) is 26.7 Å². The first kappa shape index (κ1) is 15.5. The zero-order valence-electron chi connectivity index (χ0n) is 13.2. The van der Waals surface area contributed by atoms with Crippen LogP contribution in [0.25, 0.3) is 0 Å². The van der Waals surface area contributed by atoms with E-state index in [-0.39, 0.29) is 0 Å². The summed E-state index contributed by atoms with van der Waals surface area (Å²) < 4.78 is 0. The molecule has 2 unspecified atom stereocenters. The van der Waals surface area contributed by atoms with Crippen LogP contribution in [0.4, 0.5) is 0 Å². The van der Waals surface area contributed by atoms with Crippen molar-refractivity contribution in [3.63, 3.8) is 0 Å². The molecule has 0 radical (unpaired) electrons. The maximum absolute atomic E-state index is 4.53. The number of rotatable bonds is 5. The number of aryl methyl sites for hydroxylation is 1. The molecule has 0 aromatic carbocycles. The highest BCUT2D eigenvalue weighted by atomic mass is 15.2. The van der Waals surface area contributed by atoms with Gasteiger partial charge in [0.15, 0.2) is 0 Å². The molecule has 2 rings (SSSR count). The standard InChI is InChI=1S/C17H29N3/c1-4-10-20-11-6-5-7-15(12-18-3)17(20)16-9-8-14(2)19-13-16/h8-9,13,15,17-18H,4-7,10-12H2,1-3H3. The monoisotopic (exact) mass is 275 g/mol. The Bertz CT molecular complexity index is 372. The predicted octanol–water partition coefficient (Wildman–Crippen LogP) is 3.16. The summed E-state index contributed by atoms with van der Waals surface area (Å²) in [6.07, 6.45) is 7.32. The quantitative estimate of drug-likeness (QED) is 0.894. The fraction of sp³-hybridized carbons (Fsp3) is 0.706. The molecule has 1 saturated heterocycles. The smallest absolute Gasteiger partial charge is 0.0403 e. The third-order valence-corrected chi connectivity index (χ3v) is 4.36. The molecule has 1 aliphatic heterocycles.